The number of amides is 1. The first kappa shape index (κ1) is 18.1. The Hall–Kier alpha value is -1.74. The third kappa shape index (κ3) is 3.48. The van der Waals surface area contributed by atoms with Gasteiger partial charge in [-0.25, -0.2) is 8.42 Å². The second-order valence-electron chi connectivity index (χ2n) is 5.85. The van der Waals surface area contributed by atoms with Crippen LogP contribution < -0.4 is 14.4 Å². The summed E-state index contributed by atoms with van der Waals surface area (Å²) in [6.07, 6.45) is 0.297. The average molecular weight is 384 g/mol. The van der Waals surface area contributed by atoms with Gasteiger partial charge in [-0.05, 0) is 12.1 Å². The summed E-state index contributed by atoms with van der Waals surface area (Å²) >= 11 is 1.35. The zero-order valence-corrected chi connectivity index (χ0v) is 15.9. The van der Waals surface area contributed by atoms with Crippen molar-refractivity contribution in [3.63, 3.8) is 0 Å². The van der Waals surface area contributed by atoms with Gasteiger partial charge in [-0.1, -0.05) is 18.7 Å². The lowest BCUT2D eigenvalue weighted by atomic mass is 10.2. The number of methoxy groups -OCH3 is 2. The first-order valence-corrected chi connectivity index (χ1v) is 10.6. The SMILES string of the molecule is CCC(=O)N=C1S[C@H]2CS(=O)(=O)C[C@H]2N1c1ccc(OC)cc1OC. The molecule has 0 N–H and O–H groups in total. The molecule has 2 aliphatic heterocycles. The Kier molecular flexibility index (Phi) is 4.97. The monoisotopic (exact) mass is 384 g/mol. The molecule has 2 atom stereocenters. The highest BCUT2D eigenvalue weighted by Crippen LogP contribution is 2.44. The fourth-order valence-corrected chi connectivity index (χ4v) is 6.94. The molecule has 2 saturated heterocycles. The highest BCUT2D eigenvalue weighted by molar-refractivity contribution is 8.16. The third-order valence-corrected chi connectivity index (χ3v) is 7.45. The van der Waals surface area contributed by atoms with Gasteiger partial charge in [0.25, 0.3) is 0 Å². The zero-order valence-electron chi connectivity index (χ0n) is 14.3. The molecule has 25 heavy (non-hydrogen) atoms. The van der Waals surface area contributed by atoms with E-state index in [4.69, 9.17) is 9.47 Å². The zero-order chi connectivity index (χ0) is 18.2. The third-order valence-electron chi connectivity index (χ3n) is 4.24. The van der Waals surface area contributed by atoms with Gasteiger partial charge in [0.05, 0.1) is 37.5 Å². The quantitative estimate of drug-likeness (QED) is 0.781. The van der Waals surface area contributed by atoms with Crippen LogP contribution in [-0.4, -0.2) is 56.5 Å². The van der Waals surface area contributed by atoms with E-state index in [2.05, 4.69) is 4.99 Å². The van der Waals surface area contributed by atoms with Crippen LogP contribution in [0, 0.1) is 0 Å². The number of hydrogen-bond donors (Lipinski definition) is 0. The van der Waals surface area contributed by atoms with Crippen LogP contribution in [0.1, 0.15) is 13.3 Å². The van der Waals surface area contributed by atoms with Crippen molar-refractivity contribution < 1.29 is 22.7 Å². The molecule has 7 nitrogen and oxygen atoms in total. The van der Waals surface area contributed by atoms with Gasteiger partial charge < -0.3 is 14.4 Å². The van der Waals surface area contributed by atoms with Crippen LogP contribution in [0.4, 0.5) is 5.69 Å². The number of sulfone groups is 1. The van der Waals surface area contributed by atoms with E-state index in [0.29, 0.717) is 28.8 Å². The van der Waals surface area contributed by atoms with E-state index in [9.17, 15) is 13.2 Å². The Labute approximate surface area is 151 Å². The topological polar surface area (TPSA) is 85.3 Å². The highest BCUT2D eigenvalue weighted by atomic mass is 32.2. The summed E-state index contributed by atoms with van der Waals surface area (Å²) in [4.78, 5) is 17.9. The molecule has 2 fully saturated rings. The van der Waals surface area contributed by atoms with Crippen LogP contribution in [0.25, 0.3) is 0 Å². The molecule has 1 amide bonds. The van der Waals surface area contributed by atoms with Gasteiger partial charge in [0.15, 0.2) is 15.0 Å². The van der Waals surface area contributed by atoms with Crippen molar-refractivity contribution in [2.24, 2.45) is 4.99 Å². The maximum absolute atomic E-state index is 12.1. The molecule has 0 saturated carbocycles. The number of aliphatic imine (C=N–C) groups is 1. The number of ether oxygens (including phenoxy) is 2. The minimum Gasteiger partial charge on any atom is -0.497 e. The largest absolute Gasteiger partial charge is 0.497 e. The van der Waals surface area contributed by atoms with Gasteiger partial charge in [0.1, 0.15) is 11.5 Å². The van der Waals surface area contributed by atoms with E-state index in [1.54, 1.807) is 39.3 Å². The normalized spacial score (nSPS) is 25.9. The van der Waals surface area contributed by atoms with Crippen molar-refractivity contribution >= 4 is 38.4 Å². The molecule has 0 spiro atoms. The lowest BCUT2D eigenvalue weighted by Gasteiger charge is -2.26. The van der Waals surface area contributed by atoms with E-state index in [1.807, 2.05) is 4.90 Å². The number of nitrogens with zero attached hydrogens (tertiary/aromatic N) is 2. The highest BCUT2D eigenvalue weighted by Gasteiger charge is 2.50. The van der Waals surface area contributed by atoms with Gasteiger partial charge >= 0.3 is 0 Å². The minimum atomic E-state index is -3.10. The average Bonchev–Trinajstić information content (AvgIpc) is 3.04. The van der Waals surface area contributed by atoms with E-state index in [0.717, 1.165) is 0 Å². The maximum Gasteiger partial charge on any atom is 0.247 e. The fraction of sp³-hybridized carbons (Fsp3) is 0.500. The smallest absolute Gasteiger partial charge is 0.247 e. The summed E-state index contributed by atoms with van der Waals surface area (Å²) in [5.41, 5.74) is 0.683. The number of carbonyl (C=O) groups is 1. The van der Waals surface area contributed by atoms with Crippen LogP contribution in [-0.2, 0) is 14.6 Å². The van der Waals surface area contributed by atoms with E-state index in [-0.39, 0.29) is 28.7 Å². The number of amidine groups is 1. The molecular formula is C16H20N2O5S2. The van der Waals surface area contributed by atoms with Crippen LogP contribution in [0.3, 0.4) is 0 Å². The first-order valence-electron chi connectivity index (χ1n) is 7.88. The van der Waals surface area contributed by atoms with Crippen LogP contribution >= 0.6 is 11.8 Å². The number of rotatable bonds is 4. The number of thioether (sulfide) groups is 1. The molecule has 0 bridgehead atoms. The Balaban J connectivity index is 2.08. The van der Waals surface area contributed by atoms with Crippen molar-refractivity contribution in [1.29, 1.82) is 0 Å². The van der Waals surface area contributed by atoms with Crippen molar-refractivity contribution in [2.45, 2.75) is 24.6 Å². The number of hydrogen-bond acceptors (Lipinski definition) is 6. The predicted octanol–water partition coefficient (Wildman–Crippen LogP) is 1.72. The first-order chi connectivity index (χ1) is 11.9. The fourth-order valence-electron chi connectivity index (χ4n) is 3.02. The predicted molar refractivity (Wildman–Crippen MR) is 98.6 cm³/mol. The Morgan fingerprint density at radius 2 is 2.08 bits per heavy atom. The molecule has 1 aromatic carbocycles. The van der Waals surface area contributed by atoms with Crippen molar-refractivity contribution in [3.05, 3.63) is 18.2 Å². The van der Waals surface area contributed by atoms with E-state index < -0.39 is 9.84 Å². The molecule has 136 valence electrons. The lowest BCUT2D eigenvalue weighted by Crippen LogP contribution is -2.38. The van der Waals surface area contributed by atoms with Crippen LogP contribution in [0.15, 0.2) is 23.2 Å². The van der Waals surface area contributed by atoms with Gasteiger partial charge in [-0.2, -0.15) is 4.99 Å². The molecule has 0 aliphatic carbocycles. The van der Waals surface area contributed by atoms with Gasteiger partial charge in [0, 0.05) is 17.7 Å². The van der Waals surface area contributed by atoms with Gasteiger partial charge in [0.2, 0.25) is 5.91 Å². The second kappa shape index (κ2) is 6.87. The van der Waals surface area contributed by atoms with Crippen LogP contribution in [0.5, 0.6) is 11.5 Å². The van der Waals surface area contributed by atoms with Crippen molar-refractivity contribution in [3.8, 4) is 11.5 Å². The van der Waals surface area contributed by atoms with E-state index >= 15 is 0 Å². The summed E-state index contributed by atoms with van der Waals surface area (Å²) in [6, 6.07) is 5.05. The molecule has 1 aromatic rings. The molecule has 0 radical (unpaired) electrons. The number of carbonyl (C=O) groups excluding carboxylic acids is 1. The Bertz CT molecular complexity index is 822. The Morgan fingerprint density at radius 1 is 1.32 bits per heavy atom. The number of benzene rings is 1. The summed E-state index contributed by atoms with van der Waals surface area (Å²) < 4.78 is 34.8. The Morgan fingerprint density at radius 3 is 2.72 bits per heavy atom. The van der Waals surface area contributed by atoms with Crippen LogP contribution in [0.2, 0.25) is 0 Å². The second-order valence-corrected chi connectivity index (χ2v) is 9.21. The van der Waals surface area contributed by atoms with Crippen molar-refractivity contribution in [2.75, 3.05) is 30.6 Å². The summed E-state index contributed by atoms with van der Waals surface area (Å²) in [5, 5.41) is 0.389. The molecule has 9 heteroatoms. The number of anilines is 1. The molecule has 0 aromatic heterocycles. The standard InChI is InChI=1S/C16H20N2O5S2/c1-4-15(19)17-16-18(12-8-25(20,21)9-14(12)24-16)11-6-5-10(22-2)7-13(11)23-3/h5-7,12,14H,4,8-9H2,1-3H3/t12-,14+/m1/s1. The minimum absolute atomic E-state index is 0.0409. The molecule has 2 heterocycles. The summed E-state index contributed by atoms with van der Waals surface area (Å²) in [5.74, 6) is 1.08. The molecule has 0 unspecified atom stereocenters. The number of fused-ring (bicyclic) bond motifs is 1. The molecular weight excluding hydrogens is 364 g/mol. The lowest BCUT2D eigenvalue weighted by molar-refractivity contribution is -0.117. The van der Waals surface area contributed by atoms with Gasteiger partial charge in [-0.15, -0.1) is 0 Å². The summed E-state index contributed by atoms with van der Waals surface area (Å²) in [6.45, 7) is 1.75. The summed E-state index contributed by atoms with van der Waals surface area (Å²) in [7, 11) is -0.00213. The molecule has 3 rings (SSSR count). The van der Waals surface area contributed by atoms with Gasteiger partial charge in [-0.3, -0.25) is 4.79 Å². The van der Waals surface area contributed by atoms with Crippen molar-refractivity contribution in [1.82, 2.24) is 0 Å². The maximum atomic E-state index is 12.1. The van der Waals surface area contributed by atoms with E-state index in [1.165, 1.54) is 11.8 Å². The molecule has 2 aliphatic rings.